The zero-order chi connectivity index (χ0) is 26.3. The SMILES string of the molecule is CC(OP(=O)(N[C@@H](C)C(=O)O)Oc1ccccc1)[C@H]1O[C@@H](n2ccc3c(N)ncnc32)[C@](C)(O)[C@@H]1O. The second-order valence-electron chi connectivity index (χ2n) is 8.74. The maximum absolute atomic E-state index is 13.6. The number of ether oxygens (including phenoxy) is 1. The number of carbonyl (C=O) groups is 1. The van der Waals surface area contributed by atoms with Crippen LogP contribution in [0.15, 0.2) is 48.9 Å². The summed E-state index contributed by atoms with van der Waals surface area (Å²) in [6.45, 7) is 4.13. The Hall–Kier alpha value is -3.06. The number of nitrogens with two attached hydrogens (primary N) is 1. The molecule has 7 atom stereocenters. The Labute approximate surface area is 206 Å². The van der Waals surface area contributed by atoms with Crippen LogP contribution in [0, 0.1) is 0 Å². The Morgan fingerprint density at radius 3 is 2.64 bits per heavy atom. The molecule has 194 valence electrons. The third-order valence-corrected chi connectivity index (χ3v) is 7.71. The molecular weight excluding hydrogens is 493 g/mol. The van der Waals surface area contributed by atoms with Gasteiger partial charge >= 0.3 is 13.7 Å². The molecule has 1 aromatic carbocycles. The third-order valence-electron chi connectivity index (χ3n) is 5.95. The highest BCUT2D eigenvalue weighted by molar-refractivity contribution is 7.52. The Morgan fingerprint density at radius 1 is 1.28 bits per heavy atom. The standard InChI is InChI=1S/C22H28N5O8P/c1-12(20(29)30)26-36(32,35-14-7-5-4-6-8-14)34-13(2)16-17(28)22(3,31)21(33-16)27-10-9-15-18(23)24-11-25-19(15)27/h4-13,16-17,21,28,31H,1-3H3,(H,26,32)(H,29,30)(H2,23,24,25)/t12-,13?,16+,17+,21+,22+,36?/m0/s1. The molecule has 1 aliphatic heterocycles. The van der Waals surface area contributed by atoms with E-state index in [0.717, 1.165) is 0 Å². The lowest BCUT2D eigenvalue weighted by Gasteiger charge is -2.29. The van der Waals surface area contributed by atoms with Gasteiger partial charge in [0.25, 0.3) is 0 Å². The average molecular weight is 521 g/mol. The lowest BCUT2D eigenvalue weighted by molar-refractivity contribution is -0.138. The van der Waals surface area contributed by atoms with Crippen LogP contribution in [0.2, 0.25) is 0 Å². The Morgan fingerprint density at radius 2 is 1.97 bits per heavy atom. The van der Waals surface area contributed by atoms with Crippen molar-refractivity contribution in [3.8, 4) is 5.75 Å². The van der Waals surface area contributed by atoms with Crippen molar-refractivity contribution in [1.29, 1.82) is 0 Å². The fourth-order valence-electron chi connectivity index (χ4n) is 4.00. The number of carboxylic acids is 1. The van der Waals surface area contributed by atoms with Gasteiger partial charge in [-0.3, -0.25) is 9.32 Å². The van der Waals surface area contributed by atoms with Crippen LogP contribution < -0.4 is 15.3 Å². The number of carboxylic acid groups (broad SMARTS) is 1. The van der Waals surface area contributed by atoms with Gasteiger partial charge in [-0.2, -0.15) is 5.09 Å². The molecule has 6 N–H and O–H groups in total. The maximum Gasteiger partial charge on any atom is 0.459 e. The highest BCUT2D eigenvalue weighted by Gasteiger charge is 2.56. The predicted molar refractivity (Wildman–Crippen MR) is 128 cm³/mol. The van der Waals surface area contributed by atoms with Crippen molar-refractivity contribution in [2.45, 2.75) is 57.0 Å². The van der Waals surface area contributed by atoms with E-state index >= 15 is 0 Å². The van der Waals surface area contributed by atoms with Gasteiger partial charge in [0.05, 0.1) is 11.5 Å². The van der Waals surface area contributed by atoms with E-state index in [1.165, 1.54) is 43.8 Å². The number of para-hydroxylation sites is 1. The first-order chi connectivity index (χ1) is 16.9. The molecule has 14 heteroatoms. The van der Waals surface area contributed by atoms with E-state index in [9.17, 15) is 24.7 Å². The first kappa shape index (κ1) is 26.0. The van der Waals surface area contributed by atoms with Gasteiger partial charge in [0, 0.05) is 6.20 Å². The van der Waals surface area contributed by atoms with Crippen LogP contribution in [-0.4, -0.2) is 65.8 Å². The number of anilines is 1. The van der Waals surface area contributed by atoms with E-state index in [0.29, 0.717) is 11.0 Å². The molecule has 0 radical (unpaired) electrons. The van der Waals surface area contributed by atoms with Gasteiger partial charge in [0.15, 0.2) is 6.23 Å². The van der Waals surface area contributed by atoms with Gasteiger partial charge in [-0.05, 0) is 39.0 Å². The second-order valence-corrected chi connectivity index (χ2v) is 10.4. The molecular formula is C22H28N5O8P. The number of nitrogen functional groups attached to an aromatic ring is 1. The minimum absolute atomic E-state index is 0.173. The van der Waals surface area contributed by atoms with Gasteiger partial charge in [-0.25, -0.2) is 14.5 Å². The van der Waals surface area contributed by atoms with Crippen LogP contribution in [0.3, 0.4) is 0 Å². The number of nitrogens with one attached hydrogen (secondary N) is 1. The molecule has 1 fully saturated rings. The number of fused-ring (bicyclic) bond motifs is 1. The van der Waals surface area contributed by atoms with E-state index in [-0.39, 0.29) is 11.6 Å². The highest BCUT2D eigenvalue weighted by Crippen LogP contribution is 2.49. The summed E-state index contributed by atoms with van der Waals surface area (Å²) in [6.07, 6.45) is -2.05. The van der Waals surface area contributed by atoms with E-state index in [4.69, 9.17) is 19.5 Å². The number of aliphatic hydroxyl groups is 2. The minimum atomic E-state index is -4.30. The molecule has 1 aliphatic rings. The number of aliphatic carboxylic acids is 1. The van der Waals surface area contributed by atoms with Crippen LogP contribution in [0.4, 0.5) is 5.82 Å². The van der Waals surface area contributed by atoms with Gasteiger partial charge in [-0.15, -0.1) is 0 Å². The maximum atomic E-state index is 13.6. The molecule has 13 nitrogen and oxygen atoms in total. The number of benzene rings is 1. The number of rotatable bonds is 9. The third kappa shape index (κ3) is 4.94. The van der Waals surface area contributed by atoms with Crippen molar-refractivity contribution in [3.63, 3.8) is 0 Å². The molecule has 2 aromatic heterocycles. The molecule has 0 amide bonds. The Bertz CT molecular complexity index is 1290. The monoisotopic (exact) mass is 521 g/mol. The molecule has 0 saturated carbocycles. The molecule has 36 heavy (non-hydrogen) atoms. The molecule has 2 unspecified atom stereocenters. The molecule has 1 saturated heterocycles. The van der Waals surface area contributed by atoms with Crippen LogP contribution in [0.5, 0.6) is 5.75 Å². The van der Waals surface area contributed by atoms with Gasteiger partial charge in [0.2, 0.25) is 0 Å². The summed E-state index contributed by atoms with van der Waals surface area (Å²) in [5.41, 5.74) is 4.46. The van der Waals surface area contributed by atoms with Crippen LogP contribution in [0.25, 0.3) is 11.0 Å². The predicted octanol–water partition coefficient (Wildman–Crippen LogP) is 1.68. The first-order valence-electron chi connectivity index (χ1n) is 11.1. The van der Waals surface area contributed by atoms with Crippen molar-refractivity contribution < 1.29 is 38.5 Å². The van der Waals surface area contributed by atoms with E-state index in [2.05, 4.69) is 15.1 Å². The highest BCUT2D eigenvalue weighted by atomic mass is 31.2. The molecule has 3 heterocycles. The van der Waals surface area contributed by atoms with Crippen molar-refractivity contribution in [3.05, 3.63) is 48.9 Å². The largest absolute Gasteiger partial charge is 0.480 e. The first-order valence-corrected chi connectivity index (χ1v) is 12.6. The summed E-state index contributed by atoms with van der Waals surface area (Å²) in [6, 6.07) is 8.44. The minimum Gasteiger partial charge on any atom is -0.480 e. The fraction of sp³-hybridized carbons (Fsp3) is 0.409. The quantitative estimate of drug-likeness (QED) is 0.256. The molecule has 0 bridgehead atoms. The van der Waals surface area contributed by atoms with E-state index < -0.39 is 49.9 Å². The zero-order valence-electron chi connectivity index (χ0n) is 19.8. The Balaban J connectivity index is 1.60. The fourth-order valence-corrected chi connectivity index (χ4v) is 5.70. The Kier molecular flexibility index (Phi) is 7.06. The average Bonchev–Trinajstić information content (AvgIpc) is 3.33. The van der Waals surface area contributed by atoms with Crippen molar-refractivity contribution in [1.82, 2.24) is 19.6 Å². The van der Waals surface area contributed by atoms with Crippen molar-refractivity contribution in [2.24, 2.45) is 0 Å². The summed E-state index contributed by atoms with van der Waals surface area (Å²) in [4.78, 5) is 19.5. The second kappa shape index (κ2) is 9.77. The number of aromatic nitrogens is 3. The molecule has 4 rings (SSSR count). The normalized spacial score (nSPS) is 27.4. The molecule has 0 spiro atoms. The van der Waals surface area contributed by atoms with Crippen LogP contribution in [-0.2, 0) is 18.6 Å². The van der Waals surface area contributed by atoms with E-state index in [1.807, 2.05) is 0 Å². The zero-order valence-corrected chi connectivity index (χ0v) is 20.6. The lowest BCUT2D eigenvalue weighted by Crippen LogP contribution is -2.46. The number of hydrogen-bond donors (Lipinski definition) is 5. The summed E-state index contributed by atoms with van der Waals surface area (Å²) >= 11 is 0. The van der Waals surface area contributed by atoms with Crippen molar-refractivity contribution >= 4 is 30.6 Å². The van der Waals surface area contributed by atoms with Crippen LogP contribution >= 0.6 is 7.75 Å². The van der Waals surface area contributed by atoms with Crippen molar-refractivity contribution in [2.75, 3.05) is 5.73 Å². The summed E-state index contributed by atoms with van der Waals surface area (Å²) in [7, 11) is -4.30. The topological polar surface area (TPSA) is 191 Å². The number of nitrogens with zero attached hydrogens (tertiary/aromatic N) is 3. The summed E-state index contributed by atoms with van der Waals surface area (Å²) < 4.78 is 32.3. The van der Waals surface area contributed by atoms with E-state index in [1.54, 1.807) is 30.5 Å². The van der Waals surface area contributed by atoms with Gasteiger partial charge in [-0.1, -0.05) is 18.2 Å². The van der Waals surface area contributed by atoms with Crippen LogP contribution in [0.1, 0.15) is 27.0 Å². The number of aliphatic hydroxyl groups excluding tert-OH is 1. The summed E-state index contributed by atoms with van der Waals surface area (Å²) in [5.74, 6) is -0.862. The summed E-state index contributed by atoms with van der Waals surface area (Å²) in [5, 5.41) is 34.4. The lowest BCUT2D eigenvalue weighted by atomic mass is 9.94. The molecule has 3 aromatic rings. The van der Waals surface area contributed by atoms with Gasteiger partial charge < -0.3 is 34.9 Å². The van der Waals surface area contributed by atoms with Gasteiger partial charge in [0.1, 0.15) is 47.4 Å². The molecule has 0 aliphatic carbocycles. The number of hydrogen-bond acceptors (Lipinski definition) is 10. The smallest absolute Gasteiger partial charge is 0.459 e.